The average molecular weight is 436 g/mol. The van der Waals surface area contributed by atoms with Gasteiger partial charge in [-0.25, -0.2) is 12.8 Å². The molecule has 1 saturated heterocycles. The van der Waals surface area contributed by atoms with Crippen LogP contribution in [0.4, 0.5) is 4.39 Å². The first-order chi connectivity index (χ1) is 13.8. The summed E-state index contributed by atoms with van der Waals surface area (Å²) in [6.45, 7) is 2.23. The molecular formula is C20H19ClFN3O3S. The van der Waals surface area contributed by atoms with Crippen molar-refractivity contribution in [2.75, 3.05) is 13.1 Å². The van der Waals surface area contributed by atoms with Crippen LogP contribution in [0, 0.1) is 12.7 Å². The van der Waals surface area contributed by atoms with Crippen molar-refractivity contribution in [3.63, 3.8) is 0 Å². The van der Waals surface area contributed by atoms with Gasteiger partial charge in [0.05, 0.1) is 4.90 Å². The monoisotopic (exact) mass is 435 g/mol. The highest BCUT2D eigenvalue weighted by atomic mass is 35.5. The number of sulfonamides is 1. The molecule has 0 unspecified atom stereocenters. The third-order valence-corrected chi connectivity index (χ3v) is 7.27. The first kappa shape index (κ1) is 20.0. The minimum Gasteiger partial charge on any atom is -0.334 e. The van der Waals surface area contributed by atoms with Gasteiger partial charge in [0.2, 0.25) is 10.0 Å². The second-order valence-electron chi connectivity index (χ2n) is 7.05. The van der Waals surface area contributed by atoms with Crippen LogP contribution >= 0.6 is 11.6 Å². The van der Waals surface area contributed by atoms with E-state index in [1.54, 1.807) is 31.2 Å². The molecule has 1 aliphatic rings. The predicted octanol–water partition coefficient (Wildman–Crippen LogP) is 4.41. The number of halogens is 2. The van der Waals surface area contributed by atoms with Gasteiger partial charge in [-0.15, -0.1) is 0 Å². The third kappa shape index (κ3) is 4.05. The van der Waals surface area contributed by atoms with Crippen molar-refractivity contribution in [1.29, 1.82) is 0 Å². The van der Waals surface area contributed by atoms with E-state index >= 15 is 0 Å². The Morgan fingerprint density at radius 1 is 1.14 bits per heavy atom. The third-order valence-electron chi connectivity index (χ3n) is 5.12. The normalized spacial score (nSPS) is 16.2. The van der Waals surface area contributed by atoms with Crippen molar-refractivity contribution < 1.29 is 17.3 Å². The Morgan fingerprint density at radius 2 is 1.83 bits per heavy atom. The topological polar surface area (TPSA) is 76.3 Å². The fraction of sp³-hybridized carbons (Fsp3) is 0.300. The molecule has 152 valence electrons. The zero-order valence-electron chi connectivity index (χ0n) is 15.7. The number of hydrogen-bond acceptors (Lipinski definition) is 5. The molecule has 0 saturated carbocycles. The van der Waals surface area contributed by atoms with Gasteiger partial charge in [0.1, 0.15) is 5.82 Å². The number of piperidine rings is 1. The number of aromatic nitrogens is 2. The molecule has 4 rings (SSSR count). The minimum absolute atomic E-state index is 0.0150. The lowest BCUT2D eigenvalue weighted by molar-refractivity contribution is 0.307. The zero-order valence-corrected chi connectivity index (χ0v) is 17.3. The molecule has 0 spiro atoms. The zero-order chi connectivity index (χ0) is 20.6. The summed E-state index contributed by atoms with van der Waals surface area (Å²) in [4.78, 5) is 4.58. The van der Waals surface area contributed by atoms with Gasteiger partial charge < -0.3 is 4.52 Å². The molecule has 29 heavy (non-hydrogen) atoms. The first-order valence-corrected chi connectivity index (χ1v) is 11.0. The van der Waals surface area contributed by atoms with Crippen LogP contribution in [0.25, 0.3) is 11.5 Å². The van der Waals surface area contributed by atoms with E-state index in [0.717, 1.165) is 5.56 Å². The van der Waals surface area contributed by atoms with E-state index in [1.165, 1.54) is 22.5 Å². The van der Waals surface area contributed by atoms with Crippen molar-refractivity contribution in [1.82, 2.24) is 14.4 Å². The summed E-state index contributed by atoms with van der Waals surface area (Å²) in [7, 11) is -3.66. The van der Waals surface area contributed by atoms with Crippen LogP contribution in [0.2, 0.25) is 5.02 Å². The highest BCUT2D eigenvalue weighted by molar-refractivity contribution is 7.89. The lowest BCUT2D eigenvalue weighted by atomic mass is 9.97. The Labute approximate surface area is 173 Å². The van der Waals surface area contributed by atoms with Crippen LogP contribution in [-0.2, 0) is 10.0 Å². The van der Waals surface area contributed by atoms with Crippen molar-refractivity contribution >= 4 is 21.6 Å². The fourth-order valence-electron chi connectivity index (χ4n) is 3.39. The van der Waals surface area contributed by atoms with Crippen LogP contribution < -0.4 is 0 Å². The number of hydrogen-bond donors (Lipinski definition) is 0. The van der Waals surface area contributed by atoms with Crippen molar-refractivity contribution in [3.05, 3.63) is 64.7 Å². The number of nitrogens with zero attached hydrogens (tertiary/aromatic N) is 3. The van der Waals surface area contributed by atoms with Gasteiger partial charge in [-0.05, 0) is 67.8 Å². The predicted molar refractivity (Wildman–Crippen MR) is 107 cm³/mol. The largest absolute Gasteiger partial charge is 0.334 e. The average Bonchev–Trinajstić information content (AvgIpc) is 3.21. The molecule has 6 nitrogen and oxygen atoms in total. The Hall–Kier alpha value is -2.29. The Bertz CT molecular complexity index is 1120. The first-order valence-electron chi connectivity index (χ1n) is 9.20. The second kappa shape index (κ2) is 7.85. The maximum atomic E-state index is 13.5. The molecule has 0 atom stereocenters. The fourth-order valence-corrected chi connectivity index (χ4v) is 5.07. The van der Waals surface area contributed by atoms with Gasteiger partial charge >= 0.3 is 0 Å². The molecule has 0 aliphatic carbocycles. The number of rotatable bonds is 4. The van der Waals surface area contributed by atoms with E-state index in [0.29, 0.717) is 48.2 Å². The van der Waals surface area contributed by atoms with E-state index in [2.05, 4.69) is 10.1 Å². The van der Waals surface area contributed by atoms with E-state index in [1.807, 2.05) is 0 Å². The van der Waals surface area contributed by atoms with Crippen LogP contribution in [0.15, 0.2) is 51.9 Å². The summed E-state index contributed by atoms with van der Waals surface area (Å²) in [6, 6.07) is 11.0. The van der Waals surface area contributed by atoms with Crippen LogP contribution in [0.5, 0.6) is 0 Å². The van der Waals surface area contributed by atoms with Gasteiger partial charge in [0.15, 0.2) is 5.82 Å². The van der Waals surface area contributed by atoms with Crippen LogP contribution in [0.3, 0.4) is 0 Å². The Kier molecular flexibility index (Phi) is 5.42. The van der Waals surface area contributed by atoms with Gasteiger partial charge in [0, 0.05) is 29.6 Å². The van der Waals surface area contributed by atoms with Gasteiger partial charge in [0.25, 0.3) is 5.89 Å². The van der Waals surface area contributed by atoms with Crippen LogP contribution in [-0.4, -0.2) is 36.0 Å². The maximum Gasteiger partial charge on any atom is 0.257 e. The summed E-state index contributed by atoms with van der Waals surface area (Å²) in [5.41, 5.74) is 1.09. The molecule has 1 aromatic heterocycles. The second-order valence-corrected chi connectivity index (χ2v) is 9.43. The highest BCUT2D eigenvalue weighted by Crippen LogP contribution is 2.31. The smallest absolute Gasteiger partial charge is 0.257 e. The molecular weight excluding hydrogens is 417 g/mol. The van der Waals surface area contributed by atoms with Gasteiger partial charge in [-0.2, -0.15) is 9.29 Å². The lowest BCUT2D eigenvalue weighted by Gasteiger charge is -2.29. The SMILES string of the molecule is Cc1cc(S(=O)(=O)N2CCC(c3noc(-c4ccc(Cl)cc4)n3)CC2)ccc1F. The van der Waals surface area contributed by atoms with E-state index in [-0.39, 0.29) is 10.8 Å². The number of benzene rings is 2. The molecule has 1 fully saturated rings. The number of aryl methyl sites for hydroxylation is 1. The molecule has 9 heteroatoms. The molecule has 2 heterocycles. The summed E-state index contributed by atoms with van der Waals surface area (Å²) < 4.78 is 46.0. The summed E-state index contributed by atoms with van der Waals surface area (Å²) in [6.07, 6.45) is 1.16. The van der Waals surface area contributed by atoms with Crippen molar-refractivity contribution in [3.8, 4) is 11.5 Å². The maximum absolute atomic E-state index is 13.5. The molecule has 0 amide bonds. The summed E-state index contributed by atoms with van der Waals surface area (Å²) in [5.74, 6) is 0.579. The molecule has 0 bridgehead atoms. The molecule has 3 aromatic rings. The molecule has 0 N–H and O–H groups in total. The standard InChI is InChI=1S/C20H19ClFN3O3S/c1-13-12-17(6-7-18(13)22)29(26,27)25-10-8-14(9-11-25)19-23-20(28-24-19)15-2-4-16(21)5-3-15/h2-7,12,14H,8-11H2,1H3. The molecule has 1 aliphatic heterocycles. The Balaban J connectivity index is 1.45. The van der Waals surface area contributed by atoms with Crippen molar-refractivity contribution in [2.45, 2.75) is 30.6 Å². The van der Waals surface area contributed by atoms with E-state index in [9.17, 15) is 12.8 Å². The van der Waals surface area contributed by atoms with Gasteiger partial charge in [-0.3, -0.25) is 0 Å². The summed E-state index contributed by atoms with van der Waals surface area (Å²) in [5, 5.41) is 4.70. The quantitative estimate of drug-likeness (QED) is 0.606. The van der Waals surface area contributed by atoms with Crippen LogP contribution in [0.1, 0.15) is 30.1 Å². The molecule has 0 radical (unpaired) electrons. The van der Waals surface area contributed by atoms with E-state index < -0.39 is 15.8 Å². The van der Waals surface area contributed by atoms with Crippen molar-refractivity contribution in [2.24, 2.45) is 0 Å². The lowest BCUT2D eigenvalue weighted by Crippen LogP contribution is -2.38. The minimum atomic E-state index is -3.66. The summed E-state index contributed by atoms with van der Waals surface area (Å²) >= 11 is 5.90. The van der Waals surface area contributed by atoms with E-state index in [4.69, 9.17) is 16.1 Å². The Morgan fingerprint density at radius 3 is 2.48 bits per heavy atom. The molecule has 2 aromatic carbocycles. The highest BCUT2D eigenvalue weighted by Gasteiger charge is 2.32. The van der Waals surface area contributed by atoms with Gasteiger partial charge in [-0.1, -0.05) is 16.8 Å².